The van der Waals surface area contributed by atoms with Gasteiger partial charge < -0.3 is 14.4 Å². The number of thiophene rings is 1. The normalized spacial score (nSPS) is 15.4. The molecular formula is C25H22N2O6S. The molecule has 2 aromatic carbocycles. The third kappa shape index (κ3) is 4.55. The maximum absolute atomic E-state index is 13.5. The summed E-state index contributed by atoms with van der Waals surface area (Å²) in [7, 11) is 2.81. The number of rotatable bonds is 7. The molecule has 174 valence electrons. The molecule has 9 heteroatoms. The molecule has 1 unspecified atom stereocenters. The van der Waals surface area contributed by atoms with E-state index in [1.165, 1.54) is 54.7 Å². The van der Waals surface area contributed by atoms with Crippen LogP contribution in [0, 0.1) is 0 Å². The van der Waals surface area contributed by atoms with Crippen molar-refractivity contribution in [2.24, 2.45) is 0 Å². The molecule has 0 bridgehead atoms. The molecule has 1 fully saturated rings. The highest BCUT2D eigenvalue weighted by atomic mass is 32.1. The van der Waals surface area contributed by atoms with Crippen LogP contribution in [-0.2, 0) is 20.9 Å². The van der Waals surface area contributed by atoms with Gasteiger partial charge in [0.1, 0.15) is 11.8 Å². The van der Waals surface area contributed by atoms with E-state index in [9.17, 15) is 19.2 Å². The van der Waals surface area contributed by atoms with E-state index in [4.69, 9.17) is 4.74 Å². The van der Waals surface area contributed by atoms with E-state index in [1.807, 2.05) is 17.5 Å². The molecule has 1 aliphatic heterocycles. The van der Waals surface area contributed by atoms with Gasteiger partial charge in [0.15, 0.2) is 0 Å². The van der Waals surface area contributed by atoms with Gasteiger partial charge in [-0.2, -0.15) is 0 Å². The van der Waals surface area contributed by atoms with Gasteiger partial charge in [-0.3, -0.25) is 14.4 Å². The Morgan fingerprint density at radius 3 is 2.26 bits per heavy atom. The molecule has 0 radical (unpaired) electrons. The number of imide groups is 1. The summed E-state index contributed by atoms with van der Waals surface area (Å²) in [4.78, 5) is 54.8. The van der Waals surface area contributed by atoms with E-state index < -0.39 is 23.8 Å². The molecule has 1 aromatic heterocycles. The third-order valence-electron chi connectivity index (χ3n) is 5.55. The molecule has 4 rings (SSSR count). The number of carbonyl (C=O) groups is 4. The summed E-state index contributed by atoms with van der Waals surface area (Å²) >= 11 is 1.47. The van der Waals surface area contributed by atoms with E-state index in [0.717, 1.165) is 9.78 Å². The molecule has 0 spiro atoms. The average Bonchev–Trinajstić information content (AvgIpc) is 3.49. The first kappa shape index (κ1) is 23.2. The number of esters is 1. The smallest absolute Gasteiger partial charge is 0.337 e. The number of hydrogen-bond acceptors (Lipinski definition) is 7. The first-order chi connectivity index (χ1) is 16.4. The number of methoxy groups -OCH3 is 2. The van der Waals surface area contributed by atoms with Crippen LogP contribution < -0.4 is 9.64 Å². The Balaban J connectivity index is 1.63. The number of anilines is 1. The van der Waals surface area contributed by atoms with Crippen molar-refractivity contribution in [1.29, 1.82) is 0 Å². The van der Waals surface area contributed by atoms with E-state index in [0.29, 0.717) is 22.6 Å². The van der Waals surface area contributed by atoms with Crippen molar-refractivity contribution in [2.75, 3.05) is 19.1 Å². The second-order valence-electron chi connectivity index (χ2n) is 7.57. The van der Waals surface area contributed by atoms with Crippen molar-refractivity contribution in [3.05, 3.63) is 82.0 Å². The second kappa shape index (κ2) is 9.88. The molecule has 1 saturated heterocycles. The molecule has 0 aliphatic carbocycles. The van der Waals surface area contributed by atoms with Crippen molar-refractivity contribution in [3.8, 4) is 5.75 Å². The molecule has 1 atom stereocenters. The highest BCUT2D eigenvalue weighted by molar-refractivity contribution is 7.09. The maximum atomic E-state index is 13.5. The van der Waals surface area contributed by atoms with Gasteiger partial charge in [0.2, 0.25) is 5.91 Å². The topological polar surface area (TPSA) is 93.2 Å². The molecule has 3 aromatic rings. The van der Waals surface area contributed by atoms with Crippen LogP contribution >= 0.6 is 11.3 Å². The fourth-order valence-corrected chi connectivity index (χ4v) is 4.49. The minimum Gasteiger partial charge on any atom is -0.497 e. The Morgan fingerprint density at radius 2 is 1.68 bits per heavy atom. The van der Waals surface area contributed by atoms with Gasteiger partial charge in [0.05, 0.1) is 38.4 Å². The van der Waals surface area contributed by atoms with Gasteiger partial charge in [-0.05, 0) is 60.0 Å². The Hall–Kier alpha value is -3.98. The SMILES string of the molecule is COC(=O)c1ccc(N2C(=O)CC(N(Cc3cccs3)C(=O)c3ccc(OC)cc3)C2=O)cc1. The van der Waals surface area contributed by atoms with E-state index >= 15 is 0 Å². The summed E-state index contributed by atoms with van der Waals surface area (Å²) in [6.45, 7) is 0.196. The minimum absolute atomic E-state index is 0.134. The average molecular weight is 479 g/mol. The molecular weight excluding hydrogens is 456 g/mol. The van der Waals surface area contributed by atoms with Crippen LogP contribution in [0.1, 0.15) is 32.0 Å². The number of amides is 3. The maximum Gasteiger partial charge on any atom is 0.337 e. The molecule has 8 nitrogen and oxygen atoms in total. The lowest BCUT2D eigenvalue weighted by molar-refractivity contribution is -0.122. The Morgan fingerprint density at radius 1 is 1.00 bits per heavy atom. The Labute approximate surface area is 200 Å². The summed E-state index contributed by atoms with van der Waals surface area (Å²) in [5, 5.41) is 1.89. The van der Waals surface area contributed by atoms with Crippen LogP contribution in [0.25, 0.3) is 0 Å². The van der Waals surface area contributed by atoms with Crippen LogP contribution in [0.5, 0.6) is 5.75 Å². The van der Waals surface area contributed by atoms with Gasteiger partial charge >= 0.3 is 5.97 Å². The summed E-state index contributed by atoms with van der Waals surface area (Å²) in [5.74, 6) is -1.18. The highest BCUT2D eigenvalue weighted by Crippen LogP contribution is 2.29. The van der Waals surface area contributed by atoms with Crippen LogP contribution in [0.4, 0.5) is 5.69 Å². The summed E-state index contributed by atoms with van der Waals surface area (Å²) in [6.07, 6.45) is -0.134. The van der Waals surface area contributed by atoms with Gasteiger partial charge in [-0.1, -0.05) is 6.07 Å². The van der Waals surface area contributed by atoms with Gasteiger partial charge in [-0.25, -0.2) is 9.69 Å². The quantitative estimate of drug-likeness (QED) is 0.381. The van der Waals surface area contributed by atoms with Crippen molar-refractivity contribution in [3.63, 3.8) is 0 Å². The standard InChI is InChI=1S/C25H22N2O6S/c1-32-19-11-7-16(8-12-19)23(29)26(15-20-4-3-13-34-20)21-14-22(28)27(24(21)30)18-9-5-17(6-10-18)25(31)33-2/h3-13,21H,14-15H2,1-2H3. The Kier molecular flexibility index (Phi) is 6.74. The summed E-state index contributed by atoms with van der Waals surface area (Å²) < 4.78 is 9.85. The number of hydrogen-bond donors (Lipinski definition) is 0. The summed E-state index contributed by atoms with van der Waals surface area (Å²) in [6, 6.07) is 15.4. The van der Waals surface area contributed by atoms with Gasteiger partial charge in [0.25, 0.3) is 11.8 Å². The number of ether oxygens (including phenoxy) is 2. The fraction of sp³-hybridized carbons (Fsp3) is 0.200. The molecule has 2 heterocycles. The van der Waals surface area contributed by atoms with Crippen molar-refractivity contribution in [1.82, 2.24) is 4.90 Å². The lowest BCUT2D eigenvalue weighted by Crippen LogP contribution is -2.45. The monoisotopic (exact) mass is 478 g/mol. The third-order valence-corrected chi connectivity index (χ3v) is 6.41. The lowest BCUT2D eigenvalue weighted by atomic mass is 10.1. The first-order valence-electron chi connectivity index (χ1n) is 10.5. The predicted molar refractivity (Wildman–Crippen MR) is 126 cm³/mol. The van der Waals surface area contributed by atoms with Gasteiger partial charge in [-0.15, -0.1) is 11.3 Å². The lowest BCUT2D eigenvalue weighted by Gasteiger charge is -2.27. The van der Waals surface area contributed by atoms with Crippen molar-refractivity contribution < 1.29 is 28.7 Å². The van der Waals surface area contributed by atoms with Crippen LogP contribution in [0.3, 0.4) is 0 Å². The molecule has 1 aliphatic rings. The zero-order chi connectivity index (χ0) is 24.2. The van der Waals surface area contributed by atoms with Crippen LogP contribution in [-0.4, -0.2) is 48.9 Å². The number of nitrogens with zero attached hydrogens (tertiary/aromatic N) is 2. The number of carbonyl (C=O) groups excluding carboxylic acids is 4. The fourth-order valence-electron chi connectivity index (χ4n) is 3.79. The first-order valence-corrected chi connectivity index (χ1v) is 11.3. The van der Waals surface area contributed by atoms with Crippen LogP contribution in [0.2, 0.25) is 0 Å². The molecule has 3 amide bonds. The van der Waals surface area contributed by atoms with E-state index in [1.54, 1.807) is 24.3 Å². The molecule has 0 N–H and O–H groups in total. The second-order valence-corrected chi connectivity index (χ2v) is 8.60. The zero-order valence-electron chi connectivity index (χ0n) is 18.6. The number of benzene rings is 2. The van der Waals surface area contributed by atoms with Crippen molar-refractivity contribution in [2.45, 2.75) is 19.0 Å². The molecule has 34 heavy (non-hydrogen) atoms. The largest absolute Gasteiger partial charge is 0.497 e. The van der Waals surface area contributed by atoms with Crippen LogP contribution in [0.15, 0.2) is 66.0 Å². The minimum atomic E-state index is -0.954. The van der Waals surface area contributed by atoms with E-state index in [2.05, 4.69) is 4.74 Å². The van der Waals surface area contributed by atoms with Gasteiger partial charge in [0, 0.05) is 10.4 Å². The highest BCUT2D eigenvalue weighted by Gasteiger charge is 2.44. The van der Waals surface area contributed by atoms with Crippen molar-refractivity contribution >= 4 is 40.7 Å². The Bertz CT molecular complexity index is 1210. The summed E-state index contributed by atoms with van der Waals surface area (Å²) in [5.41, 5.74) is 1.02. The van der Waals surface area contributed by atoms with E-state index in [-0.39, 0.29) is 18.9 Å². The molecule has 0 saturated carbocycles. The predicted octanol–water partition coefficient (Wildman–Crippen LogP) is 3.52. The zero-order valence-corrected chi connectivity index (χ0v) is 19.4.